The Labute approximate surface area is 104 Å². The fourth-order valence-electron chi connectivity index (χ4n) is 1.24. The molecule has 0 saturated heterocycles. The molecule has 0 atom stereocenters. The largest absolute Gasteiger partial charge is 0.496 e. The summed E-state index contributed by atoms with van der Waals surface area (Å²) in [7, 11) is 1.45. The van der Waals surface area contributed by atoms with Gasteiger partial charge in [-0.3, -0.25) is 9.59 Å². The predicted molar refractivity (Wildman–Crippen MR) is 61.9 cm³/mol. The SMILES string of the molecule is COc1ccccc1C(=O)NCC(=O)OCC#N. The molecule has 6 nitrogen and oxygen atoms in total. The molecule has 6 heteroatoms. The van der Waals surface area contributed by atoms with Gasteiger partial charge in [0.1, 0.15) is 18.4 Å². The van der Waals surface area contributed by atoms with Crippen LogP contribution in [0.5, 0.6) is 5.75 Å². The van der Waals surface area contributed by atoms with Crippen LogP contribution >= 0.6 is 0 Å². The molecule has 0 aliphatic heterocycles. The second kappa shape index (κ2) is 6.91. The highest BCUT2D eigenvalue weighted by molar-refractivity contribution is 5.98. The van der Waals surface area contributed by atoms with Crippen molar-refractivity contribution in [2.75, 3.05) is 20.3 Å². The minimum Gasteiger partial charge on any atom is -0.496 e. The van der Waals surface area contributed by atoms with Gasteiger partial charge in [-0.05, 0) is 12.1 Å². The molecule has 0 aliphatic carbocycles. The van der Waals surface area contributed by atoms with Crippen LogP contribution in [0.3, 0.4) is 0 Å². The summed E-state index contributed by atoms with van der Waals surface area (Å²) in [6.45, 7) is -0.623. The summed E-state index contributed by atoms with van der Waals surface area (Å²) >= 11 is 0. The van der Waals surface area contributed by atoms with Crippen LogP contribution in [0.2, 0.25) is 0 Å². The Kier molecular flexibility index (Phi) is 5.19. The summed E-state index contributed by atoms with van der Waals surface area (Å²) in [4.78, 5) is 22.8. The van der Waals surface area contributed by atoms with Crippen molar-refractivity contribution < 1.29 is 19.1 Å². The minimum atomic E-state index is -0.667. The molecule has 1 rings (SSSR count). The lowest BCUT2D eigenvalue weighted by molar-refractivity contribution is -0.140. The molecule has 0 bridgehead atoms. The van der Waals surface area contributed by atoms with Gasteiger partial charge in [0.2, 0.25) is 0 Å². The summed E-state index contributed by atoms with van der Waals surface area (Å²) in [5, 5.41) is 10.6. The maximum absolute atomic E-state index is 11.7. The number of hydrogen-bond acceptors (Lipinski definition) is 5. The van der Waals surface area contributed by atoms with Crippen molar-refractivity contribution >= 4 is 11.9 Å². The maximum Gasteiger partial charge on any atom is 0.326 e. The van der Waals surface area contributed by atoms with Crippen molar-refractivity contribution in [2.24, 2.45) is 0 Å². The molecule has 0 unspecified atom stereocenters. The van der Waals surface area contributed by atoms with E-state index in [-0.39, 0.29) is 13.2 Å². The molecule has 0 fully saturated rings. The number of amides is 1. The normalized spacial score (nSPS) is 9.11. The molecule has 0 spiro atoms. The van der Waals surface area contributed by atoms with Crippen LogP contribution in [0.1, 0.15) is 10.4 Å². The maximum atomic E-state index is 11.7. The number of ether oxygens (including phenoxy) is 2. The minimum absolute atomic E-state index is 0.293. The molecule has 94 valence electrons. The average molecular weight is 248 g/mol. The van der Waals surface area contributed by atoms with Crippen LogP contribution in [-0.2, 0) is 9.53 Å². The van der Waals surface area contributed by atoms with E-state index in [1.165, 1.54) is 7.11 Å². The monoisotopic (exact) mass is 248 g/mol. The first-order chi connectivity index (χ1) is 8.69. The second-order valence-corrected chi connectivity index (χ2v) is 3.20. The van der Waals surface area contributed by atoms with E-state index < -0.39 is 11.9 Å². The average Bonchev–Trinajstić information content (AvgIpc) is 2.42. The van der Waals surface area contributed by atoms with Crippen molar-refractivity contribution in [3.63, 3.8) is 0 Å². The first-order valence-corrected chi connectivity index (χ1v) is 5.13. The number of rotatable bonds is 5. The summed E-state index contributed by atoms with van der Waals surface area (Å²) in [5.74, 6) is -0.693. The zero-order valence-electron chi connectivity index (χ0n) is 9.80. The highest BCUT2D eigenvalue weighted by Crippen LogP contribution is 2.16. The number of esters is 1. The smallest absolute Gasteiger partial charge is 0.326 e. The van der Waals surface area contributed by atoms with E-state index in [2.05, 4.69) is 10.1 Å². The van der Waals surface area contributed by atoms with Crippen molar-refractivity contribution in [3.8, 4) is 11.8 Å². The number of carbonyl (C=O) groups is 2. The van der Waals surface area contributed by atoms with Gasteiger partial charge >= 0.3 is 5.97 Å². The molecule has 0 saturated carbocycles. The number of benzene rings is 1. The Bertz CT molecular complexity index is 479. The summed E-state index contributed by atoms with van der Waals surface area (Å²) < 4.78 is 9.51. The molecular weight excluding hydrogens is 236 g/mol. The Morgan fingerprint density at radius 3 is 2.78 bits per heavy atom. The first kappa shape index (κ1) is 13.5. The van der Waals surface area contributed by atoms with Gasteiger partial charge in [-0.25, -0.2) is 0 Å². The van der Waals surface area contributed by atoms with Gasteiger partial charge < -0.3 is 14.8 Å². The van der Waals surface area contributed by atoms with Gasteiger partial charge in [-0.1, -0.05) is 12.1 Å². The Balaban J connectivity index is 2.56. The van der Waals surface area contributed by atoms with Crippen LogP contribution in [0.25, 0.3) is 0 Å². The van der Waals surface area contributed by atoms with E-state index >= 15 is 0 Å². The van der Waals surface area contributed by atoms with Crippen LogP contribution < -0.4 is 10.1 Å². The molecule has 0 heterocycles. The Hall–Kier alpha value is -2.55. The van der Waals surface area contributed by atoms with Crippen LogP contribution in [-0.4, -0.2) is 32.1 Å². The fourth-order valence-corrected chi connectivity index (χ4v) is 1.24. The zero-order chi connectivity index (χ0) is 13.4. The van der Waals surface area contributed by atoms with Crippen molar-refractivity contribution in [1.29, 1.82) is 5.26 Å². The second-order valence-electron chi connectivity index (χ2n) is 3.20. The van der Waals surface area contributed by atoms with Gasteiger partial charge in [0.25, 0.3) is 5.91 Å². The highest BCUT2D eigenvalue weighted by Gasteiger charge is 2.12. The summed E-state index contributed by atoms with van der Waals surface area (Å²) in [6.07, 6.45) is 0. The number of nitrogens with one attached hydrogen (secondary N) is 1. The third-order valence-electron chi connectivity index (χ3n) is 2.04. The van der Waals surface area contributed by atoms with E-state index in [4.69, 9.17) is 10.00 Å². The molecular formula is C12H12N2O4. The molecule has 18 heavy (non-hydrogen) atoms. The lowest BCUT2D eigenvalue weighted by atomic mass is 10.2. The number of nitriles is 1. The van der Waals surface area contributed by atoms with Gasteiger partial charge in [0.05, 0.1) is 12.7 Å². The van der Waals surface area contributed by atoms with E-state index in [1.54, 1.807) is 30.3 Å². The number of hydrogen-bond donors (Lipinski definition) is 1. The number of para-hydroxylation sites is 1. The highest BCUT2D eigenvalue weighted by atomic mass is 16.5. The third kappa shape index (κ3) is 3.79. The number of nitrogens with zero attached hydrogens (tertiary/aromatic N) is 1. The van der Waals surface area contributed by atoms with Crippen molar-refractivity contribution in [2.45, 2.75) is 0 Å². The molecule has 0 aromatic heterocycles. The summed E-state index contributed by atoms with van der Waals surface area (Å²) in [6, 6.07) is 8.30. The third-order valence-corrected chi connectivity index (χ3v) is 2.04. The fraction of sp³-hybridized carbons (Fsp3) is 0.250. The van der Waals surface area contributed by atoms with E-state index in [0.29, 0.717) is 11.3 Å². The van der Waals surface area contributed by atoms with Gasteiger partial charge in [0.15, 0.2) is 6.61 Å². The molecule has 1 N–H and O–H groups in total. The lowest BCUT2D eigenvalue weighted by Gasteiger charge is -2.08. The zero-order valence-corrected chi connectivity index (χ0v) is 9.80. The van der Waals surface area contributed by atoms with Crippen LogP contribution in [0.15, 0.2) is 24.3 Å². The molecule has 0 aliphatic rings. The lowest BCUT2D eigenvalue weighted by Crippen LogP contribution is -2.30. The van der Waals surface area contributed by atoms with Crippen molar-refractivity contribution in [1.82, 2.24) is 5.32 Å². The van der Waals surface area contributed by atoms with Crippen LogP contribution in [0, 0.1) is 11.3 Å². The van der Waals surface area contributed by atoms with Crippen molar-refractivity contribution in [3.05, 3.63) is 29.8 Å². The molecule has 1 amide bonds. The Morgan fingerprint density at radius 1 is 1.39 bits per heavy atom. The first-order valence-electron chi connectivity index (χ1n) is 5.13. The number of methoxy groups -OCH3 is 1. The Morgan fingerprint density at radius 2 is 2.11 bits per heavy atom. The van der Waals surface area contributed by atoms with E-state index in [0.717, 1.165) is 0 Å². The summed E-state index contributed by atoms with van der Waals surface area (Å²) in [5.41, 5.74) is 0.327. The van der Waals surface area contributed by atoms with Gasteiger partial charge in [-0.2, -0.15) is 5.26 Å². The van der Waals surface area contributed by atoms with Gasteiger partial charge in [0, 0.05) is 0 Å². The molecule has 0 radical (unpaired) electrons. The van der Waals surface area contributed by atoms with E-state index in [1.807, 2.05) is 0 Å². The topological polar surface area (TPSA) is 88.4 Å². The van der Waals surface area contributed by atoms with Crippen LogP contribution in [0.4, 0.5) is 0 Å². The quantitative estimate of drug-likeness (QED) is 0.766. The van der Waals surface area contributed by atoms with E-state index in [9.17, 15) is 9.59 Å². The number of carbonyl (C=O) groups excluding carboxylic acids is 2. The predicted octanol–water partition coefficient (Wildman–Crippen LogP) is 0.492. The molecule has 1 aromatic carbocycles. The van der Waals surface area contributed by atoms with Gasteiger partial charge in [-0.15, -0.1) is 0 Å². The standard InChI is InChI=1S/C12H12N2O4/c1-17-10-5-3-2-4-9(10)12(16)14-8-11(15)18-7-6-13/h2-5H,7-8H2,1H3,(H,14,16). The molecule has 1 aromatic rings.